The van der Waals surface area contributed by atoms with E-state index in [0.717, 1.165) is 0 Å². The molecule has 0 unspecified atom stereocenters. The average Bonchev–Trinajstić information content (AvgIpc) is 2.36. The molecule has 0 aliphatic heterocycles. The Kier molecular flexibility index (Phi) is 5.22. The monoisotopic (exact) mass is 315 g/mol. The van der Waals surface area contributed by atoms with Gasteiger partial charge in [-0.05, 0) is 32.9 Å². The lowest BCUT2D eigenvalue weighted by Crippen LogP contribution is -2.32. The number of carbonyl (C=O) groups is 1. The van der Waals surface area contributed by atoms with Crippen molar-refractivity contribution in [3.63, 3.8) is 0 Å². The molecule has 0 atom stereocenters. The summed E-state index contributed by atoms with van der Waals surface area (Å²) in [6, 6.07) is 4.53. The van der Waals surface area contributed by atoms with Crippen molar-refractivity contribution in [2.24, 2.45) is 0 Å². The fourth-order valence-corrected chi connectivity index (χ4v) is 2.42. The Morgan fingerprint density at radius 2 is 1.90 bits per heavy atom. The van der Waals surface area contributed by atoms with Crippen LogP contribution in [0.2, 0.25) is 0 Å². The summed E-state index contributed by atoms with van der Waals surface area (Å²) in [7, 11) is -1.91. The van der Waals surface area contributed by atoms with E-state index in [1.165, 1.54) is 19.2 Å². The summed E-state index contributed by atoms with van der Waals surface area (Å²) >= 11 is 0. The first-order valence-corrected chi connectivity index (χ1v) is 8.06. The normalized spacial score (nSPS) is 12.0. The molecule has 0 amide bonds. The largest absolute Gasteiger partial charge is 0.496 e. The van der Waals surface area contributed by atoms with Gasteiger partial charge < -0.3 is 15.2 Å². The van der Waals surface area contributed by atoms with Crippen molar-refractivity contribution in [1.29, 1.82) is 0 Å². The number of methoxy groups -OCH3 is 1. The van der Waals surface area contributed by atoms with E-state index < -0.39 is 20.6 Å². The summed E-state index contributed by atoms with van der Waals surface area (Å²) in [4.78, 5) is 11.9. The third kappa shape index (κ3) is 4.35. The molecule has 1 aromatic rings. The van der Waals surface area contributed by atoms with E-state index in [0.29, 0.717) is 11.4 Å². The first-order chi connectivity index (χ1) is 9.58. The summed E-state index contributed by atoms with van der Waals surface area (Å²) in [5.74, 6) is -0.575. The van der Waals surface area contributed by atoms with Gasteiger partial charge in [0, 0.05) is 11.8 Å². The number of anilines is 1. The Morgan fingerprint density at radius 1 is 1.29 bits per heavy atom. The number of nitrogen functional groups attached to an aromatic ring is 1. The Labute approximate surface area is 125 Å². The standard InChI is InChI=1S/C14H21NO5S/c1-14(2,3)21(17,18)8-7-20-13(16)11-6-5-10(15)9-12(11)19-4/h5-6,9H,7-8,15H2,1-4H3. The van der Waals surface area contributed by atoms with Crippen LogP contribution in [-0.2, 0) is 14.6 Å². The van der Waals surface area contributed by atoms with Crippen LogP contribution in [-0.4, -0.2) is 38.6 Å². The van der Waals surface area contributed by atoms with Gasteiger partial charge in [-0.1, -0.05) is 0 Å². The second kappa shape index (κ2) is 6.34. The number of rotatable bonds is 5. The molecule has 0 radical (unpaired) electrons. The van der Waals surface area contributed by atoms with E-state index in [2.05, 4.69) is 0 Å². The van der Waals surface area contributed by atoms with Crippen LogP contribution in [0.3, 0.4) is 0 Å². The number of hydrogen-bond acceptors (Lipinski definition) is 6. The van der Waals surface area contributed by atoms with Gasteiger partial charge in [-0.2, -0.15) is 0 Å². The molecule has 0 spiro atoms. The predicted molar refractivity (Wildman–Crippen MR) is 81.2 cm³/mol. The fourth-order valence-electron chi connectivity index (χ4n) is 1.50. The zero-order valence-corrected chi connectivity index (χ0v) is 13.5. The van der Waals surface area contributed by atoms with Gasteiger partial charge in [0.2, 0.25) is 0 Å². The minimum Gasteiger partial charge on any atom is -0.496 e. The number of carbonyl (C=O) groups excluding carboxylic acids is 1. The van der Waals surface area contributed by atoms with E-state index in [9.17, 15) is 13.2 Å². The third-order valence-corrected chi connectivity index (χ3v) is 5.53. The van der Waals surface area contributed by atoms with Crippen molar-refractivity contribution in [3.05, 3.63) is 23.8 Å². The van der Waals surface area contributed by atoms with Gasteiger partial charge in [-0.3, -0.25) is 0 Å². The molecular weight excluding hydrogens is 294 g/mol. The van der Waals surface area contributed by atoms with Crippen LogP contribution in [0, 0.1) is 0 Å². The Hall–Kier alpha value is -1.76. The highest BCUT2D eigenvalue weighted by molar-refractivity contribution is 7.92. The van der Waals surface area contributed by atoms with E-state index >= 15 is 0 Å². The maximum absolute atomic E-state index is 11.9. The van der Waals surface area contributed by atoms with E-state index in [-0.39, 0.29) is 17.9 Å². The molecule has 1 rings (SSSR count). The lowest BCUT2D eigenvalue weighted by Gasteiger charge is -2.19. The zero-order chi connectivity index (χ0) is 16.3. The Balaban J connectivity index is 2.72. The molecular formula is C14H21NO5S. The van der Waals surface area contributed by atoms with Crippen LogP contribution in [0.5, 0.6) is 5.75 Å². The fraction of sp³-hybridized carbons (Fsp3) is 0.500. The number of benzene rings is 1. The topological polar surface area (TPSA) is 95.7 Å². The second-order valence-electron chi connectivity index (χ2n) is 5.53. The van der Waals surface area contributed by atoms with Crippen LogP contribution in [0.15, 0.2) is 18.2 Å². The highest BCUT2D eigenvalue weighted by Gasteiger charge is 2.29. The lowest BCUT2D eigenvalue weighted by molar-refractivity contribution is 0.0525. The quantitative estimate of drug-likeness (QED) is 0.655. The van der Waals surface area contributed by atoms with Crippen LogP contribution >= 0.6 is 0 Å². The van der Waals surface area contributed by atoms with Crippen LogP contribution in [0.25, 0.3) is 0 Å². The molecule has 118 valence electrons. The van der Waals surface area contributed by atoms with E-state index in [1.54, 1.807) is 26.8 Å². The predicted octanol–water partition coefficient (Wildman–Crippen LogP) is 1.65. The molecule has 0 aliphatic carbocycles. The molecule has 7 heteroatoms. The smallest absolute Gasteiger partial charge is 0.341 e. The van der Waals surface area contributed by atoms with Crippen molar-refractivity contribution >= 4 is 21.5 Å². The summed E-state index contributed by atoms with van der Waals surface area (Å²) in [6.45, 7) is 4.61. The number of esters is 1. The number of nitrogens with two attached hydrogens (primary N) is 1. The van der Waals surface area contributed by atoms with Crippen LogP contribution < -0.4 is 10.5 Å². The molecule has 0 aromatic heterocycles. The number of sulfone groups is 1. The lowest BCUT2D eigenvalue weighted by atomic mass is 10.2. The maximum atomic E-state index is 11.9. The Bertz CT molecular complexity index is 617. The van der Waals surface area contributed by atoms with Gasteiger partial charge in [0.25, 0.3) is 0 Å². The second-order valence-corrected chi connectivity index (χ2v) is 8.39. The number of hydrogen-bond donors (Lipinski definition) is 1. The van der Waals surface area contributed by atoms with E-state index in [4.69, 9.17) is 15.2 Å². The highest BCUT2D eigenvalue weighted by atomic mass is 32.2. The minimum atomic E-state index is -3.33. The number of ether oxygens (including phenoxy) is 2. The van der Waals surface area contributed by atoms with E-state index in [1.807, 2.05) is 0 Å². The van der Waals surface area contributed by atoms with Crippen molar-refractivity contribution in [2.45, 2.75) is 25.5 Å². The molecule has 0 aliphatic rings. The molecule has 21 heavy (non-hydrogen) atoms. The van der Waals surface area contributed by atoms with Crippen LogP contribution in [0.4, 0.5) is 5.69 Å². The van der Waals surface area contributed by atoms with Crippen molar-refractivity contribution in [3.8, 4) is 5.75 Å². The van der Waals surface area contributed by atoms with Gasteiger partial charge in [0.1, 0.15) is 17.9 Å². The summed E-state index contributed by atoms with van der Waals surface area (Å²) in [5, 5.41) is 0. The minimum absolute atomic E-state index is 0.202. The highest BCUT2D eigenvalue weighted by Crippen LogP contribution is 2.22. The third-order valence-electron chi connectivity index (χ3n) is 2.96. The molecule has 2 N–H and O–H groups in total. The molecule has 0 fully saturated rings. The zero-order valence-electron chi connectivity index (χ0n) is 12.7. The van der Waals surface area contributed by atoms with Crippen molar-refractivity contribution in [1.82, 2.24) is 0 Å². The van der Waals surface area contributed by atoms with Crippen LogP contribution in [0.1, 0.15) is 31.1 Å². The SMILES string of the molecule is COc1cc(N)ccc1C(=O)OCCS(=O)(=O)C(C)(C)C. The first-order valence-electron chi connectivity index (χ1n) is 6.41. The first kappa shape index (κ1) is 17.3. The summed E-state index contributed by atoms with van der Waals surface area (Å²) in [6.07, 6.45) is 0. The van der Waals surface area contributed by atoms with Gasteiger partial charge in [0.15, 0.2) is 9.84 Å². The summed E-state index contributed by atoms with van der Waals surface area (Å²) < 4.78 is 33.0. The molecule has 6 nitrogen and oxygen atoms in total. The van der Waals surface area contributed by atoms with Gasteiger partial charge in [-0.15, -0.1) is 0 Å². The van der Waals surface area contributed by atoms with Gasteiger partial charge >= 0.3 is 5.97 Å². The molecule has 1 aromatic carbocycles. The van der Waals surface area contributed by atoms with Gasteiger partial charge in [0.05, 0.1) is 17.6 Å². The molecule has 0 heterocycles. The average molecular weight is 315 g/mol. The molecule has 0 saturated carbocycles. The maximum Gasteiger partial charge on any atom is 0.341 e. The van der Waals surface area contributed by atoms with Crippen molar-refractivity contribution < 1.29 is 22.7 Å². The van der Waals surface area contributed by atoms with Gasteiger partial charge in [-0.25, -0.2) is 13.2 Å². The molecule has 0 bridgehead atoms. The molecule has 0 saturated heterocycles. The Morgan fingerprint density at radius 3 is 2.43 bits per heavy atom. The summed E-state index contributed by atoms with van der Waals surface area (Å²) in [5.41, 5.74) is 6.26. The van der Waals surface area contributed by atoms with Crippen molar-refractivity contribution in [2.75, 3.05) is 25.2 Å².